The summed E-state index contributed by atoms with van der Waals surface area (Å²) in [5.74, 6) is 0. The molecule has 31 heavy (non-hydrogen) atoms. The molecule has 0 heterocycles. The maximum Gasteiger partial charge on any atom is 0.106 e. The van der Waals surface area contributed by atoms with E-state index < -0.39 is 0 Å². The van der Waals surface area contributed by atoms with Gasteiger partial charge in [0.1, 0.15) is 13.2 Å². The summed E-state index contributed by atoms with van der Waals surface area (Å²) in [5, 5.41) is 0. The van der Waals surface area contributed by atoms with Crippen molar-refractivity contribution in [2.45, 2.75) is 85.2 Å². The van der Waals surface area contributed by atoms with Crippen LogP contribution in [-0.4, -0.2) is 90.5 Å². The van der Waals surface area contributed by atoms with Gasteiger partial charge in [0.25, 0.3) is 0 Å². The first-order chi connectivity index (χ1) is 15.0. The van der Waals surface area contributed by atoms with E-state index in [0.717, 1.165) is 19.3 Å². The van der Waals surface area contributed by atoms with Crippen molar-refractivity contribution in [1.29, 1.82) is 0 Å². The molecule has 0 fully saturated rings. The zero-order valence-electron chi connectivity index (χ0n) is 20.8. The predicted octanol–water partition coefficient (Wildman–Crippen LogP) is 3.80. The van der Waals surface area contributed by atoms with Crippen molar-refractivity contribution >= 4 is 0 Å². The summed E-state index contributed by atoms with van der Waals surface area (Å²) < 4.78 is 34.1. The number of rotatable bonds is 24. The number of ether oxygens (including phenoxy) is 6. The van der Waals surface area contributed by atoms with Crippen LogP contribution in [0.4, 0.5) is 0 Å². The van der Waals surface area contributed by atoms with Crippen LogP contribution >= 0.6 is 0 Å². The second-order valence-corrected chi connectivity index (χ2v) is 7.50. The van der Waals surface area contributed by atoms with E-state index >= 15 is 0 Å². The molecule has 0 aliphatic heterocycles. The largest absolute Gasteiger partial charge is 0.379 e. The van der Waals surface area contributed by atoms with Crippen LogP contribution in [0.25, 0.3) is 0 Å². The molecule has 0 aromatic heterocycles. The molecule has 0 rings (SSSR count). The van der Waals surface area contributed by atoms with Crippen molar-refractivity contribution in [1.82, 2.24) is 0 Å². The quantitative estimate of drug-likeness (QED) is 0.124. The third-order valence-corrected chi connectivity index (χ3v) is 4.42. The van der Waals surface area contributed by atoms with Crippen molar-refractivity contribution in [2.75, 3.05) is 66.1 Å². The lowest BCUT2D eigenvalue weighted by molar-refractivity contribution is -0.304. The van der Waals surface area contributed by atoms with E-state index in [0.29, 0.717) is 66.1 Å². The SMILES string of the molecule is CCOCCOOCCOC(CC)CC(CC(C)OCCOC(C)C)OCCOCC. The number of hydrogen-bond donors (Lipinski definition) is 0. The molecule has 0 aromatic carbocycles. The van der Waals surface area contributed by atoms with Crippen molar-refractivity contribution < 1.29 is 38.2 Å². The minimum Gasteiger partial charge on any atom is -0.379 e. The molecule has 0 radical (unpaired) electrons. The van der Waals surface area contributed by atoms with Crippen LogP contribution in [0, 0.1) is 0 Å². The fraction of sp³-hybridized carbons (Fsp3) is 1.00. The third kappa shape index (κ3) is 21.3. The van der Waals surface area contributed by atoms with Crippen LogP contribution in [0.3, 0.4) is 0 Å². The normalized spacial score (nSPS) is 14.8. The lowest BCUT2D eigenvalue weighted by atomic mass is 10.0. The molecule has 0 saturated heterocycles. The first-order valence-electron chi connectivity index (χ1n) is 11.9. The van der Waals surface area contributed by atoms with Crippen molar-refractivity contribution in [3.63, 3.8) is 0 Å². The highest BCUT2D eigenvalue weighted by Gasteiger charge is 2.20. The second kappa shape index (κ2) is 22.9. The van der Waals surface area contributed by atoms with E-state index in [9.17, 15) is 0 Å². The van der Waals surface area contributed by atoms with Gasteiger partial charge < -0.3 is 28.4 Å². The Morgan fingerprint density at radius 3 is 1.65 bits per heavy atom. The maximum atomic E-state index is 6.09. The monoisotopic (exact) mass is 452 g/mol. The Labute approximate surface area is 190 Å². The van der Waals surface area contributed by atoms with Crippen LogP contribution in [-0.2, 0) is 38.2 Å². The Kier molecular flexibility index (Phi) is 22.6. The Hall–Kier alpha value is -0.320. The zero-order chi connectivity index (χ0) is 23.2. The minimum absolute atomic E-state index is 0.0368. The molecule has 188 valence electrons. The Morgan fingerprint density at radius 2 is 1.03 bits per heavy atom. The first kappa shape index (κ1) is 30.7. The van der Waals surface area contributed by atoms with Gasteiger partial charge in [-0.25, -0.2) is 9.78 Å². The smallest absolute Gasteiger partial charge is 0.106 e. The Balaban J connectivity index is 4.26. The molecule has 0 amide bonds. The average Bonchev–Trinajstić information content (AvgIpc) is 2.74. The summed E-state index contributed by atoms with van der Waals surface area (Å²) in [6.45, 7) is 17.7. The fourth-order valence-electron chi connectivity index (χ4n) is 2.87. The molecule has 3 unspecified atom stereocenters. The van der Waals surface area contributed by atoms with E-state index in [-0.39, 0.29) is 24.4 Å². The second-order valence-electron chi connectivity index (χ2n) is 7.50. The highest BCUT2D eigenvalue weighted by molar-refractivity contribution is 4.69. The summed E-state index contributed by atoms with van der Waals surface area (Å²) in [4.78, 5) is 10.2. The topological polar surface area (TPSA) is 73.8 Å². The lowest BCUT2D eigenvalue weighted by Crippen LogP contribution is -2.29. The molecular weight excluding hydrogens is 404 g/mol. The third-order valence-electron chi connectivity index (χ3n) is 4.42. The molecule has 0 bridgehead atoms. The average molecular weight is 453 g/mol. The summed E-state index contributed by atoms with van der Waals surface area (Å²) in [6.07, 6.45) is 2.90. The first-order valence-corrected chi connectivity index (χ1v) is 11.9. The molecule has 8 heteroatoms. The predicted molar refractivity (Wildman–Crippen MR) is 120 cm³/mol. The molecule has 0 saturated carbocycles. The Morgan fingerprint density at radius 1 is 0.516 bits per heavy atom. The van der Waals surface area contributed by atoms with Gasteiger partial charge >= 0.3 is 0 Å². The van der Waals surface area contributed by atoms with Crippen LogP contribution in [0.15, 0.2) is 0 Å². The van der Waals surface area contributed by atoms with Gasteiger partial charge in [-0.1, -0.05) is 6.92 Å². The highest BCUT2D eigenvalue weighted by atomic mass is 17.2. The van der Waals surface area contributed by atoms with Crippen LogP contribution in [0.1, 0.15) is 60.8 Å². The van der Waals surface area contributed by atoms with Gasteiger partial charge in [-0.05, 0) is 53.9 Å². The lowest BCUT2D eigenvalue weighted by Gasteiger charge is -2.26. The molecule has 0 spiro atoms. The molecule has 0 aliphatic carbocycles. The Bertz CT molecular complexity index is 356. The van der Waals surface area contributed by atoms with E-state index in [4.69, 9.17) is 38.2 Å². The van der Waals surface area contributed by atoms with Crippen molar-refractivity contribution in [3.8, 4) is 0 Å². The van der Waals surface area contributed by atoms with Gasteiger partial charge in [-0.2, -0.15) is 0 Å². The fourth-order valence-corrected chi connectivity index (χ4v) is 2.87. The summed E-state index contributed by atoms with van der Waals surface area (Å²) in [5.41, 5.74) is 0. The van der Waals surface area contributed by atoms with E-state index in [1.807, 2.05) is 27.7 Å². The summed E-state index contributed by atoms with van der Waals surface area (Å²) in [7, 11) is 0. The highest BCUT2D eigenvalue weighted by Crippen LogP contribution is 2.16. The van der Waals surface area contributed by atoms with Crippen molar-refractivity contribution in [3.05, 3.63) is 0 Å². The van der Waals surface area contributed by atoms with E-state index in [2.05, 4.69) is 13.8 Å². The van der Waals surface area contributed by atoms with Crippen LogP contribution < -0.4 is 0 Å². The summed E-state index contributed by atoms with van der Waals surface area (Å²) >= 11 is 0. The molecule has 0 aliphatic rings. The zero-order valence-corrected chi connectivity index (χ0v) is 20.8. The van der Waals surface area contributed by atoms with Gasteiger partial charge in [-0.15, -0.1) is 0 Å². The van der Waals surface area contributed by atoms with Gasteiger partial charge in [-0.3, -0.25) is 0 Å². The molecule has 0 N–H and O–H groups in total. The standard InChI is InChI=1S/C23H48O8/c1-7-22(28-15-17-31-30-16-11-25-9-3)19-23(29-12-10-24-8-2)18-21(6)27-14-13-26-20(4)5/h20-23H,7-19H2,1-6H3. The molecule has 8 nitrogen and oxygen atoms in total. The van der Waals surface area contributed by atoms with Gasteiger partial charge in [0.05, 0.1) is 64.1 Å². The number of hydrogen-bond acceptors (Lipinski definition) is 8. The minimum atomic E-state index is 0.0368. The van der Waals surface area contributed by atoms with Gasteiger partial charge in [0.15, 0.2) is 0 Å². The van der Waals surface area contributed by atoms with Crippen LogP contribution in [0.2, 0.25) is 0 Å². The van der Waals surface area contributed by atoms with Gasteiger partial charge in [0.2, 0.25) is 0 Å². The van der Waals surface area contributed by atoms with Gasteiger partial charge in [0, 0.05) is 13.2 Å². The van der Waals surface area contributed by atoms with Crippen molar-refractivity contribution in [2.24, 2.45) is 0 Å². The summed E-state index contributed by atoms with van der Waals surface area (Å²) in [6, 6.07) is 0. The molecular formula is C23H48O8. The van der Waals surface area contributed by atoms with E-state index in [1.54, 1.807) is 0 Å². The molecule has 3 atom stereocenters. The van der Waals surface area contributed by atoms with E-state index in [1.165, 1.54) is 0 Å². The maximum absolute atomic E-state index is 6.09. The molecule has 0 aromatic rings. The van der Waals surface area contributed by atoms with Crippen LogP contribution in [0.5, 0.6) is 0 Å².